The number of nitrogens with one attached hydrogen (secondary N) is 2. The first-order chi connectivity index (χ1) is 8.93. The van der Waals surface area contributed by atoms with Gasteiger partial charge in [-0.05, 0) is 30.0 Å². The molecule has 0 unspecified atom stereocenters. The molecule has 4 heteroatoms. The summed E-state index contributed by atoms with van der Waals surface area (Å²) in [6.07, 6.45) is 1.43. The Morgan fingerprint density at radius 2 is 2.05 bits per heavy atom. The second-order valence-corrected chi connectivity index (χ2v) is 5.44. The summed E-state index contributed by atoms with van der Waals surface area (Å²) in [6.45, 7) is 6.55. The third-order valence-electron chi connectivity index (χ3n) is 2.87. The highest BCUT2D eigenvalue weighted by Crippen LogP contribution is 2.23. The molecule has 0 saturated carbocycles. The largest absolute Gasteiger partial charge is 0.384 e. The SMILES string of the molecule is CC(=O)Nc1cccc(NCC(C)(C)CCC#N)c1. The van der Waals surface area contributed by atoms with Gasteiger partial charge in [0.2, 0.25) is 5.91 Å². The number of carbonyl (C=O) groups is 1. The van der Waals surface area contributed by atoms with Gasteiger partial charge in [-0.25, -0.2) is 0 Å². The van der Waals surface area contributed by atoms with Crippen molar-refractivity contribution in [3.8, 4) is 6.07 Å². The molecule has 0 fully saturated rings. The average Bonchev–Trinajstić information content (AvgIpc) is 2.34. The van der Waals surface area contributed by atoms with Gasteiger partial charge in [0.1, 0.15) is 0 Å². The normalized spacial score (nSPS) is 10.6. The van der Waals surface area contributed by atoms with Gasteiger partial charge < -0.3 is 10.6 Å². The summed E-state index contributed by atoms with van der Waals surface area (Å²) in [5.74, 6) is -0.0773. The molecule has 2 N–H and O–H groups in total. The number of benzene rings is 1. The van der Waals surface area contributed by atoms with E-state index in [1.54, 1.807) is 0 Å². The summed E-state index contributed by atoms with van der Waals surface area (Å²) >= 11 is 0. The number of amides is 1. The number of hydrogen-bond donors (Lipinski definition) is 2. The summed E-state index contributed by atoms with van der Waals surface area (Å²) in [5.41, 5.74) is 1.82. The second-order valence-electron chi connectivity index (χ2n) is 5.44. The minimum atomic E-state index is -0.0773. The fourth-order valence-electron chi connectivity index (χ4n) is 1.73. The molecule has 0 aliphatic carbocycles. The van der Waals surface area contributed by atoms with Crippen molar-refractivity contribution >= 4 is 17.3 Å². The number of carbonyl (C=O) groups excluding carboxylic acids is 1. The minimum Gasteiger partial charge on any atom is -0.384 e. The van der Waals surface area contributed by atoms with Crippen LogP contribution in [0.1, 0.15) is 33.6 Å². The van der Waals surface area contributed by atoms with Crippen LogP contribution in [0.15, 0.2) is 24.3 Å². The molecule has 0 spiro atoms. The van der Waals surface area contributed by atoms with E-state index in [0.29, 0.717) is 6.42 Å². The first-order valence-electron chi connectivity index (χ1n) is 6.41. The van der Waals surface area contributed by atoms with Crippen molar-refractivity contribution in [1.82, 2.24) is 0 Å². The molecule has 19 heavy (non-hydrogen) atoms. The molecule has 0 atom stereocenters. The fourth-order valence-corrected chi connectivity index (χ4v) is 1.73. The molecule has 1 aromatic carbocycles. The molecule has 1 amide bonds. The smallest absolute Gasteiger partial charge is 0.221 e. The quantitative estimate of drug-likeness (QED) is 0.823. The maximum absolute atomic E-state index is 11.0. The van der Waals surface area contributed by atoms with Gasteiger partial charge in [0.05, 0.1) is 6.07 Å². The van der Waals surface area contributed by atoms with Gasteiger partial charge in [0.25, 0.3) is 0 Å². The highest BCUT2D eigenvalue weighted by molar-refractivity contribution is 5.89. The van der Waals surface area contributed by atoms with E-state index >= 15 is 0 Å². The first-order valence-corrected chi connectivity index (χ1v) is 6.41. The van der Waals surface area contributed by atoms with Gasteiger partial charge in [-0.15, -0.1) is 0 Å². The van der Waals surface area contributed by atoms with Crippen LogP contribution < -0.4 is 10.6 Å². The summed E-state index contributed by atoms with van der Waals surface area (Å²) in [5, 5.41) is 14.7. The Hall–Kier alpha value is -2.02. The molecule has 1 rings (SSSR count). The van der Waals surface area contributed by atoms with E-state index in [0.717, 1.165) is 24.3 Å². The van der Waals surface area contributed by atoms with Crippen LogP contribution >= 0.6 is 0 Å². The Kier molecular flexibility index (Phi) is 5.37. The van der Waals surface area contributed by atoms with E-state index in [9.17, 15) is 4.79 Å². The molecule has 0 heterocycles. The third kappa shape index (κ3) is 5.91. The molecule has 102 valence electrons. The molecular formula is C15H21N3O. The van der Waals surface area contributed by atoms with Crippen LogP contribution in [0.25, 0.3) is 0 Å². The molecule has 0 radical (unpaired) electrons. The Labute approximate surface area is 114 Å². The minimum absolute atomic E-state index is 0.0692. The summed E-state index contributed by atoms with van der Waals surface area (Å²) < 4.78 is 0. The van der Waals surface area contributed by atoms with Crippen LogP contribution in [0.3, 0.4) is 0 Å². The van der Waals surface area contributed by atoms with E-state index in [2.05, 4.69) is 30.6 Å². The number of nitrogens with zero attached hydrogens (tertiary/aromatic N) is 1. The highest BCUT2D eigenvalue weighted by Gasteiger charge is 2.16. The molecule has 0 aromatic heterocycles. The Bertz CT molecular complexity index is 475. The molecule has 0 saturated heterocycles. The zero-order valence-corrected chi connectivity index (χ0v) is 11.8. The number of hydrogen-bond acceptors (Lipinski definition) is 3. The molecule has 0 aliphatic heterocycles. The number of anilines is 2. The molecule has 4 nitrogen and oxygen atoms in total. The maximum Gasteiger partial charge on any atom is 0.221 e. The van der Waals surface area contributed by atoms with Crippen molar-refractivity contribution in [3.63, 3.8) is 0 Å². The lowest BCUT2D eigenvalue weighted by Crippen LogP contribution is -2.22. The predicted octanol–water partition coefficient (Wildman–Crippen LogP) is 3.39. The van der Waals surface area contributed by atoms with Crippen LogP contribution in [0.5, 0.6) is 0 Å². The van der Waals surface area contributed by atoms with Crippen molar-refractivity contribution in [2.24, 2.45) is 5.41 Å². The highest BCUT2D eigenvalue weighted by atomic mass is 16.1. The Balaban J connectivity index is 2.58. The van der Waals surface area contributed by atoms with Gasteiger partial charge in [0.15, 0.2) is 0 Å². The lowest BCUT2D eigenvalue weighted by Gasteiger charge is -2.24. The van der Waals surface area contributed by atoms with E-state index in [4.69, 9.17) is 5.26 Å². The molecule has 0 aliphatic rings. The van der Waals surface area contributed by atoms with Crippen molar-refractivity contribution < 1.29 is 4.79 Å². The van der Waals surface area contributed by atoms with Crippen LogP contribution in [0, 0.1) is 16.7 Å². The van der Waals surface area contributed by atoms with Gasteiger partial charge >= 0.3 is 0 Å². The monoisotopic (exact) mass is 259 g/mol. The molecule has 0 bridgehead atoms. The van der Waals surface area contributed by atoms with Crippen LogP contribution in [0.4, 0.5) is 11.4 Å². The lowest BCUT2D eigenvalue weighted by atomic mass is 9.88. The predicted molar refractivity (Wildman–Crippen MR) is 77.9 cm³/mol. The zero-order valence-electron chi connectivity index (χ0n) is 11.8. The van der Waals surface area contributed by atoms with Gasteiger partial charge in [0, 0.05) is 31.3 Å². The van der Waals surface area contributed by atoms with Crippen LogP contribution in [0.2, 0.25) is 0 Å². The van der Waals surface area contributed by atoms with E-state index in [-0.39, 0.29) is 11.3 Å². The lowest BCUT2D eigenvalue weighted by molar-refractivity contribution is -0.114. The number of nitriles is 1. The second kappa shape index (κ2) is 6.79. The van der Waals surface area contributed by atoms with Gasteiger partial charge in [-0.3, -0.25) is 4.79 Å². The standard InChI is InChI=1S/C15H21N3O/c1-12(19)18-14-7-4-6-13(10-14)17-11-15(2,3)8-5-9-16/h4,6-7,10,17H,5,8,11H2,1-3H3,(H,18,19). The first kappa shape index (κ1) is 15.0. The van der Waals surface area contributed by atoms with Crippen molar-refractivity contribution in [3.05, 3.63) is 24.3 Å². The van der Waals surface area contributed by atoms with Crippen molar-refractivity contribution in [2.75, 3.05) is 17.2 Å². The average molecular weight is 259 g/mol. The Morgan fingerprint density at radius 1 is 1.37 bits per heavy atom. The van der Waals surface area contributed by atoms with Crippen LogP contribution in [-0.4, -0.2) is 12.5 Å². The third-order valence-corrected chi connectivity index (χ3v) is 2.87. The topological polar surface area (TPSA) is 64.9 Å². The van der Waals surface area contributed by atoms with Crippen molar-refractivity contribution in [2.45, 2.75) is 33.6 Å². The Morgan fingerprint density at radius 3 is 2.68 bits per heavy atom. The van der Waals surface area contributed by atoms with Gasteiger partial charge in [-0.1, -0.05) is 19.9 Å². The fraction of sp³-hybridized carbons (Fsp3) is 0.467. The van der Waals surface area contributed by atoms with E-state index < -0.39 is 0 Å². The van der Waals surface area contributed by atoms with E-state index in [1.165, 1.54) is 6.92 Å². The van der Waals surface area contributed by atoms with Crippen molar-refractivity contribution in [1.29, 1.82) is 5.26 Å². The zero-order chi connectivity index (χ0) is 14.3. The molecule has 1 aromatic rings. The number of rotatable bonds is 6. The summed E-state index contributed by atoms with van der Waals surface area (Å²) in [7, 11) is 0. The molecular weight excluding hydrogens is 238 g/mol. The van der Waals surface area contributed by atoms with E-state index in [1.807, 2.05) is 24.3 Å². The summed E-state index contributed by atoms with van der Waals surface area (Å²) in [6, 6.07) is 9.80. The van der Waals surface area contributed by atoms with Gasteiger partial charge in [-0.2, -0.15) is 5.26 Å². The maximum atomic E-state index is 11.0. The summed E-state index contributed by atoms with van der Waals surface area (Å²) in [4.78, 5) is 11.0. The van der Waals surface area contributed by atoms with Crippen LogP contribution in [-0.2, 0) is 4.79 Å².